The first-order valence-electron chi connectivity index (χ1n) is 10.1. The van der Waals surface area contributed by atoms with Gasteiger partial charge in [-0.2, -0.15) is 0 Å². The summed E-state index contributed by atoms with van der Waals surface area (Å²) in [5.74, 6) is -1.02. The molecule has 1 fully saturated rings. The molecule has 3 aromatic carbocycles. The summed E-state index contributed by atoms with van der Waals surface area (Å²) in [7, 11) is 1.49. The minimum atomic E-state index is -0.937. The van der Waals surface area contributed by atoms with Crippen LogP contribution in [0.25, 0.3) is 16.5 Å². The van der Waals surface area contributed by atoms with E-state index < -0.39 is 17.7 Å². The fourth-order valence-electron chi connectivity index (χ4n) is 4.12. The summed E-state index contributed by atoms with van der Waals surface area (Å²) in [4.78, 5) is 27.7. The Morgan fingerprint density at radius 3 is 2.44 bits per heavy atom. The van der Waals surface area contributed by atoms with Crippen LogP contribution in [0.15, 0.2) is 95.1 Å². The van der Waals surface area contributed by atoms with Gasteiger partial charge >= 0.3 is 0 Å². The highest BCUT2D eigenvalue weighted by atomic mass is 16.5. The van der Waals surface area contributed by atoms with Crippen LogP contribution in [-0.4, -0.2) is 23.9 Å². The molecule has 5 rings (SSSR count). The van der Waals surface area contributed by atoms with Crippen LogP contribution in [0.4, 0.5) is 5.69 Å². The van der Waals surface area contributed by atoms with Crippen LogP contribution in [0.5, 0.6) is 5.75 Å². The van der Waals surface area contributed by atoms with Crippen LogP contribution < -0.4 is 9.64 Å². The SMILES string of the molecule is COc1ccccc1N1C(=O)C(=O)/C(=C(\O)c2ccc3ccccc3c2)C1c1ccco1. The van der Waals surface area contributed by atoms with Gasteiger partial charge in [0.1, 0.15) is 23.3 Å². The number of para-hydroxylation sites is 2. The van der Waals surface area contributed by atoms with Gasteiger partial charge < -0.3 is 14.3 Å². The number of hydrogen-bond acceptors (Lipinski definition) is 5. The van der Waals surface area contributed by atoms with Crippen LogP contribution in [-0.2, 0) is 9.59 Å². The summed E-state index contributed by atoms with van der Waals surface area (Å²) in [5, 5.41) is 13.1. The number of aliphatic hydroxyl groups excluding tert-OH is 1. The van der Waals surface area contributed by atoms with Gasteiger partial charge in [0.15, 0.2) is 0 Å². The Labute approximate surface area is 184 Å². The summed E-state index contributed by atoms with van der Waals surface area (Å²) < 4.78 is 11.0. The minimum absolute atomic E-state index is 0.0360. The molecule has 0 aliphatic carbocycles. The lowest BCUT2D eigenvalue weighted by Gasteiger charge is -2.24. The number of benzene rings is 3. The smallest absolute Gasteiger partial charge is 0.300 e. The van der Waals surface area contributed by atoms with Crippen molar-refractivity contribution in [2.45, 2.75) is 6.04 Å². The molecule has 0 spiro atoms. The number of aliphatic hydroxyl groups is 1. The van der Waals surface area contributed by atoms with Gasteiger partial charge in [0.25, 0.3) is 11.7 Å². The van der Waals surface area contributed by atoms with Crippen molar-refractivity contribution in [3.8, 4) is 5.75 Å². The zero-order valence-corrected chi connectivity index (χ0v) is 17.2. The van der Waals surface area contributed by atoms with E-state index in [-0.39, 0.29) is 11.3 Å². The Morgan fingerprint density at radius 2 is 1.69 bits per heavy atom. The van der Waals surface area contributed by atoms with Crippen molar-refractivity contribution >= 4 is 33.9 Å². The quantitative estimate of drug-likeness (QED) is 0.281. The Bertz CT molecular complexity index is 1370. The number of rotatable bonds is 4. The Hall–Kier alpha value is -4.32. The fraction of sp³-hybridized carbons (Fsp3) is 0.0769. The van der Waals surface area contributed by atoms with Gasteiger partial charge in [-0.15, -0.1) is 0 Å². The van der Waals surface area contributed by atoms with E-state index in [1.807, 2.05) is 30.3 Å². The number of ether oxygens (including phenoxy) is 1. The molecular weight excluding hydrogens is 406 g/mol. The molecule has 2 heterocycles. The average Bonchev–Trinajstić information content (AvgIpc) is 3.45. The van der Waals surface area contributed by atoms with Crippen molar-refractivity contribution in [3.05, 3.63) is 102 Å². The first-order chi connectivity index (χ1) is 15.6. The van der Waals surface area contributed by atoms with Crippen molar-refractivity contribution < 1.29 is 23.8 Å². The van der Waals surface area contributed by atoms with Gasteiger partial charge in [-0.3, -0.25) is 14.5 Å². The zero-order valence-electron chi connectivity index (χ0n) is 17.2. The van der Waals surface area contributed by atoms with E-state index in [0.29, 0.717) is 22.8 Å². The van der Waals surface area contributed by atoms with Crippen molar-refractivity contribution in [3.63, 3.8) is 0 Å². The third-order valence-corrected chi connectivity index (χ3v) is 5.62. The summed E-state index contributed by atoms with van der Waals surface area (Å²) in [6.07, 6.45) is 1.47. The summed E-state index contributed by atoms with van der Waals surface area (Å²) >= 11 is 0. The van der Waals surface area contributed by atoms with Crippen LogP contribution in [0, 0.1) is 0 Å². The number of carbonyl (C=O) groups is 2. The Morgan fingerprint density at radius 1 is 0.938 bits per heavy atom. The molecule has 6 nitrogen and oxygen atoms in total. The van der Waals surface area contributed by atoms with E-state index in [1.54, 1.807) is 48.5 Å². The largest absolute Gasteiger partial charge is 0.507 e. The van der Waals surface area contributed by atoms with E-state index >= 15 is 0 Å². The van der Waals surface area contributed by atoms with Crippen molar-refractivity contribution in [1.82, 2.24) is 0 Å². The number of ketones is 1. The molecule has 1 aromatic heterocycles. The highest BCUT2D eigenvalue weighted by Gasteiger charge is 2.49. The van der Waals surface area contributed by atoms with Crippen LogP contribution >= 0.6 is 0 Å². The Kier molecular flexibility index (Phi) is 4.75. The molecule has 158 valence electrons. The van der Waals surface area contributed by atoms with E-state index in [1.165, 1.54) is 18.3 Å². The molecule has 1 aliphatic rings. The second-order valence-electron chi connectivity index (χ2n) is 7.42. The van der Waals surface area contributed by atoms with Crippen LogP contribution in [0.3, 0.4) is 0 Å². The maximum atomic E-state index is 13.2. The third-order valence-electron chi connectivity index (χ3n) is 5.62. The van der Waals surface area contributed by atoms with Crippen molar-refractivity contribution in [2.24, 2.45) is 0 Å². The number of nitrogens with zero attached hydrogens (tertiary/aromatic N) is 1. The number of Topliss-reactive ketones (excluding diaryl/α,β-unsaturated/α-hetero) is 1. The molecule has 1 atom stereocenters. The highest BCUT2D eigenvalue weighted by molar-refractivity contribution is 6.51. The van der Waals surface area contributed by atoms with Gasteiger partial charge in [-0.1, -0.05) is 48.5 Å². The maximum absolute atomic E-state index is 13.2. The summed E-state index contributed by atoms with van der Waals surface area (Å²) in [5.41, 5.74) is 0.820. The van der Waals surface area contributed by atoms with Crippen molar-refractivity contribution in [1.29, 1.82) is 0 Å². The van der Waals surface area contributed by atoms with Crippen molar-refractivity contribution in [2.75, 3.05) is 12.0 Å². The molecule has 1 unspecified atom stereocenters. The van der Waals surface area contributed by atoms with Crippen LogP contribution in [0.2, 0.25) is 0 Å². The molecule has 32 heavy (non-hydrogen) atoms. The van der Waals surface area contributed by atoms with E-state index in [2.05, 4.69) is 0 Å². The number of amides is 1. The fourth-order valence-corrected chi connectivity index (χ4v) is 4.12. The number of methoxy groups -OCH3 is 1. The number of anilines is 1. The van der Waals surface area contributed by atoms with E-state index in [9.17, 15) is 14.7 Å². The summed E-state index contributed by atoms with van der Waals surface area (Å²) in [6.45, 7) is 0. The van der Waals surface area contributed by atoms with Gasteiger partial charge in [-0.05, 0) is 41.1 Å². The van der Waals surface area contributed by atoms with Gasteiger partial charge in [0.05, 0.1) is 24.6 Å². The maximum Gasteiger partial charge on any atom is 0.300 e. The van der Waals surface area contributed by atoms with Gasteiger partial charge in [0.2, 0.25) is 0 Å². The average molecular weight is 425 g/mol. The van der Waals surface area contributed by atoms with E-state index in [0.717, 1.165) is 10.8 Å². The lowest BCUT2D eigenvalue weighted by atomic mass is 9.97. The minimum Gasteiger partial charge on any atom is -0.507 e. The molecule has 0 bridgehead atoms. The lowest BCUT2D eigenvalue weighted by molar-refractivity contribution is -0.132. The predicted molar refractivity (Wildman–Crippen MR) is 120 cm³/mol. The number of furan rings is 1. The second-order valence-corrected chi connectivity index (χ2v) is 7.42. The first-order valence-corrected chi connectivity index (χ1v) is 10.1. The third kappa shape index (κ3) is 3.04. The van der Waals surface area contributed by atoms with Gasteiger partial charge in [-0.25, -0.2) is 0 Å². The number of hydrogen-bond donors (Lipinski definition) is 1. The molecule has 1 saturated heterocycles. The molecule has 1 N–H and O–H groups in total. The molecule has 4 aromatic rings. The van der Waals surface area contributed by atoms with E-state index in [4.69, 9.17) is 9.15 Å². The molecular formula is C26H19NO5. The summed E-state index contributed by atoms with van der Waals surface area (Å²) in [6, 6.07) is 22.4. The standard InChI is InChI=1S/C26H19NO5/c1-31-20-10-5-4-9-19(20)27-23(21-11-6-14-32-21)22(25(29)26(27)30)24(28)18-13-12-16-7-2-3-8-17(16)15-18/h2-15,23,28H,1H3/b24-22-. The monoisotopic (exact) mass is 425 g/mol. The number of carbonyl (C=O) groups excluding carboxylic acids is 2. The molecule has 1 amide bonds. The Balaban J connectivity index is 1.73. The molecule has 1 aliphatic heterocycles. The topological polar surface area (TPSA) is 80.0 Å². The zero-order chi connectivity index (χ0) is 22.2. The van der Waals surface area contributed by atoms with Gasteiger partial charge in [0, 0.05) is 5.56 Å². The molecule has 6 heteroatoms. The first kappa shape index (κ1) is 19.6. The highest BCUT2D eigenvalue weighted by Crippen LogP contribution is 2.45. The lowest BCUT2D eigenvalue weighted by Crippen LogP contribution is -2.29. The number of fused-ring (bicyclic) bond motifs is 1. The predicted octanol–water partition coefficient (Wildman–Crippen LogP) is 5.07. The van der Waals surface area contributed by atoms with Crippen LogP contribution in [0.1, 0.15) is 17.4 Å². The molecule has 0 radical (unpaired) electrons. The normalized spacial score (nSPS) is 17.8. The molecule has 0 saturated carbocycles. The second kappa shape index (κ2) is 7.74.